The van der Waals surface area contributed by atoms with Crippen LogP contribution in [0.4, 0.5) is 4.39 Å². The third-order valence-electron chi connectivity index (χ3n) is 4.77. The largest absolute Gasteiger partial charge is 0.492 e. The van der Waals surface area contributed by atoms with Crippen LogP contribution in [-0.2, 0) is 16.0 Å². The lowest BCUT2D eigenvalue weighted by atomic mass is 10.0. The van der Waals surface area contributed by atoms with Crippen molar-refractivity contribution >= 4 is 34.5 Å². The number of rotatable bonds is 5. The summed E-state index contributed by atoms with van der Waals surface area (Å²) in [5.74, 6) is -4.20. The van der Waals surface area contributed by atoms with Gasteiger partial charge in [0.1, 0.15) is 23.5 Å². The normalized spacial score (nSPS) is 11.1. The lowest BCUT2D eigenvalue weighted by molar-refractivity contribution is -0.145. The van der Waals surface area contributed by atoms with Gasteiger partial charge in [0, 0.05) is 24.4 Å². The highest BCUT2D eigenvalue weighted by Gasteiger charge is 2.24. The molecule has 0 radical (unpaired) electrons. The number of fused-ring (bicyclic) bond motifs is 1. The molecule has 2 N–H and O–H groups in total. The predicted molar refractivity (Wildman–Crippen MR) is 114 cm³/mol. The third kappa shape index (κ3) is 4.08. The number of benzene rings is 1. The number of halogens is 2. The van der Waals surface area contributed by atoms with Crippen molar-refractivity contribution in [3.05, 3.63) is 62.9 Å². The number of nitrogens with zero attached hydrogens (tertiary/aromatic N) is 1. The Kier molecular flexibility index (Phi) is 5.80. The van der Waals surface area contributed by atoms with E-state index in [4.69, 9.17) is 30.0 Å². The molecule has 0 saturated carbocycles. The van der Waals surface area contributed by atoms with Gasteiger partial charge in [0.05, 0.1) is 5.02 Å². The quantitative estimate of drug-likeness (QED) is 0.244. The highest BCUT2D eigenvalue weighted by atomic mass is 35.5. The number of hydrogen-bond acceptors (Lipinski definition) is 9. The number of carbonyl (C=O) groups excluding carboxylic acids is 2. The molecule has 10 nitrogen and oxygen atoms in total. The van der Waals surface area contributed by atoms with Gasteiger partial charge in [0.2, 0.25) is 17.6 Å². The molecule has 34 heavy (non-hydrogen) atoms. The molecule has 0 saturated heterocycles. The zero-order valence-electron chi connectivity index (χ0n) is 17.5. The summed E-state index contributed by atoms with van der Waals surface area (Å²) in [4.78, 5) is 40.8. The summed E-state index contributed by atoms with van der Waals surface area (Å²) in [6.45, 7) is 2.59. The van der Waals surface area contributed by atoms with Crippen LogP contribution in [0, 0.1) is 12.7 Å². The number of ether oxygens (including phenoxy) is 1. The molecular weight excluding hydrogens is 477 g/mol. The van der Waals surface area contributed by atoms with Crippen LogP contribution in [0.3, 0.4) is 0 Å². The molecule has 0 fully saturated rings. The lowest BCUT2D eigenvalue weighted by Gasteiger charge is -2.11. The van der Waals surface area contributed by atoms with Gasteiger partial charge < -0.3 is 28.6 Å². The van der Waals surface area contributed by atoms with Crippen LogP contribution in [0.2, 0.25) is 5.02 Å². The van der Waals surface area contributed by atoms with Crippen LogP contribution in [0.15, 0.2) is 44.0 Å². The van der Waals surface area contributed by atoms with Gasteiger partial charge in [0.25, 0.3) is 0 Å². The van der Waals surface area contributed by atoms with Crippen LogP contribution >= 0.6 is 11.6 Å². The maximum atomic E-state index is 14.8. The van der Waals surface area contributed by atoms with E-state index in [0.717, 1.165) is 19.1 Å². The van der Waals surface area contributed by atoms with E-state index in [1.54, 1.807) is 0 Å². The number of aromatic hydroxyl groups is 2. The number of esters is 1. The number of furan rings is 1. The van der Waals surface area contributed by atoms with Crippen molar-refractivity contribution in [1.29, 1.82) is 0 Å². The first kappa shape index (κ1) is 22.9. The average molecular weight is 492 g/mol. The number of hydrogen-bond donors (Lipinski definition) is 2. The van der Waals surface area contributed by atoms with Gasteiger partial charge >= 0.3 is 17.6 Å². The maximum absolute atomic E-state index is 14.8. The van der Waals surface area contributed by atoms with E-state index in [2.05, 4.69) is 0 Å². The van der Waals surface area contributed by atoms with Crippen molar-refractivity contribution in [1.82, 2.24) is 4.73 Å². The van der Waals surface area contributed by atoms with Crippen molar-refractivity contribution in [2.75, 3.05) is 0 Å². The van der Waals surface area contributed by atoms with E-state index < -0.39 is 52.9 Å². The van der Waals surface area contributed by atoms with E-state index in [-0.39, 0.29) is 33.1 Å². The molecule has 0 aliphatic carbocycles. The molecule has 176 valence electrons. The number of aryl methyl sites for hydroxylation is 1. The van der Waals surface area contributed by atoms with Crippen LogP contribution in [0.25, 0.3) is 22.3 Å². The van der Waals surface area contributed by atoms with Crippen LogP contribution in [0.1, 0.15) is 18.2 Å². The summed E-state index contributed by atoms with van der Waals surface area (Å²) < 4.78 is 30.8. The summed E-state index contributed by atoms with van der Waals surface area (Å²) in [7, 11) is 0. The summed E-state index contributed by atoms with van der Waals surface area (Å²) in [6, 6.07) is 6.35. The summed E-state index contributed by atoms with van der Waals surface area (Å²) in [5, 5.41) is 19.0. The monoisotopic (exact) mass is 491 g/mol. The fourth-order valence-corrected chi connectivity index (χ4v) is 3.53. The molecule has 0 amide bonds. The van der Waals surface area contributed by atoms with E-state index >= 15 is 0 Å². The SMILES string of the molecule is CC(=O)Oc1c(Cl)cc2c(C)c(-c3ccc(CC(=O)On4c(O)ccc4O)o3)c(=O)oc2c1F. The Labute approximate surface area is 194 Å². The van der Waals surface area contributed by atoms with Gasteiger partial charge in [-0.15, -0.1) is 4.73 Å². The highest BCUT2D eigenvalue weighted by molar-refractivity contribution is 6.33. The van der Waals surface area contributed by atoms with Gasteiger partial charge in [0.15, 0.2) is 11.3 Å². The Hall–Kier alpha value is -4.25. The van der Waals surface area contributed by atoms with Gasteiger partial charge in [-0.2, -0.15) is 4.39 Å². The smallest absolute Gasteiger partial charge is 0.347 e. The van der Waals surface area contributed by atoms with E-state index in [1.165, 1.54) is 25.1 Å². The highest BCUT2D eigenvalue weighted by Crippen LogP contribution is 2.37. The topological polar surface area (TPSA) is 141 Å². The Balaban J connectivity index is 1.67. The molecular formula is C22H15ClFNO9. The third-order valence-corrected chi connectivity index (χ3v) is 5.05. The first-order valence-corrected chi connectivity index (χ1v) is 9.98. The first-order chi connectivity index (χ1) is 16.1. The molecule has 0 spiro atoms. The molecule has 3 heterocycles. The molecule has 0 aliphatic heterocycles. The molecule has 0 atom stereocenters. The lowest BCUT2D eigenvalue weighted by Crippen LogP contribution is -2.20. The second-order valence-electron chi connectivity index (χ2n) is 7.11. The van der Waals surface area contributed by atoms with Crippen LogP contribution in [0.5, 0.6) is 17.5 Å². The molecule has 1 aromatic carbocycles. The van der Waals surface area contributed by atoms with Gasteiger partial charge in [-0.05, 0) is 30.7 Å². The van der Waals surface area contributed by atoms with Gasteiger partial charge in [-0.3, -0.25) is 4.79 Å². The van der Waals surface area contributed by atoms with Gasteiger partial charge in [-0.25, -0.2) is 9.59 Å². The summed E-state index contributed by atoms with van der Waals surface area (Å²) in [5.41, 5.74) is -1.16. The fourth-order valence-electron chi connectivity index (χ4n) is 3.30. The Morgan fingerprint density at radius 2 is 1.82 bits per heavy atom. The number of carbonyl (C=O) groups is 2. The van der Waals surface area contributed by atoms with Gasteiger partial charge in [-0.1, -0.05) is 11.6 Å². The minimum absolute atomic E-state index is 0.0307. The second kappa shape index (κ2) is 8.60. The zero-order chi connectivity index (χ0) is 24.7. The van der Waals surface area contributed by atoms with Crippen molar-refractivity contribution in [3.8, 4) is 28.8 Å². The minimum Gasteiger partial charge on any atom is -0.492 e. The Bertz CT molecular complexity index is 1500. The van der Waals surface area contributed by atoms with E-state index in [0.29, 0.717) is 4.73 Å². The predicted octanol–water partition coefficient (Wildman–Crippen LogP) is 3.49. The summed E-state index contributed by atoms with van der Waals surface area (Å²) in [6.07, 6.45) is -0.402. The van der Waals surface area contributed by atoms with Crippen molar-refractivity contribution < 1.29 is 42.6 Å². The Morgan fingerprint density at radius 3 is 2.47 bits per heavy atom. The molecule has 0 aliphatic rings. The molecule has 12 heteroatoms. The molecule has 4 aromatic rings. The maximum Gasteiger partial charge on any atom is 0.347 e. The van der Waals surface area contributed by atoms with Crippen molar-refractivity contribution in [3.63, 3.8) is 0 Å². The molecule has 0 unspecified atom stereocenters. The second-order valence-corrected chi connectivity index (χ2v) is 7.52. The molecule has 3 aromatic heterocycles. The minimum atomic E-state index is -1.11. The van der Waals surface area contributed by atoms with Crippen molar-refractivity contribution in [2.24, 2.45) is 0 Å². The summed E-state index contributed by atoms with van der Waals surface area (Å²) >= 11 is 6.06. The zero-order valence-corrected chi connectivity index (χ0v) is 18.3. The van der Waals surface area contributed by atoms with Crippen LogP contribution < -0.4 is 15.2 Å². The standard InChI is InChI=1S/C22H15ClFNO9/c1-9-12-8-13(23)21(31-10(2)26)19(24)20(12)33-22(30)18(9)14-4-3-11(32-14)7-17(29)34-25-15(27)5-6-16(25)28/h3-6,8,27-28H,7H2,1-2H3. The fraction of sp³-hybridized carbons (Fsp3) is 0.136. The Morgan fingerprint density at radius 1 is 1.15 bits per heavy atom. The molecule has 0 bridgehead atoms. The van der Waals surface area contributed by atoms with Crippen LogP contribution in [-0.4, -0.2) is 26.9 Å². The first-order valence-electron chi connectivity index (χ1n) is 9.60. The van der Waals surface area contributed by atoms with E-state index in [9.17, 15) is 29.0 Å². The average Bonchev–Trinajstić information content (AvgIpc) is 3.33. The van der Waals surface area contributed by atoms with E-state index in [1.807, 2.05) is 0 Å². The van der Waals surface area contributed by atoms with Crippen molar-refractivity contribution in [2.45, 2.75) is 20.3 Å². The number of aromatic nitrogens is 1. The molecule has 4 rings (SSSR count).